The molecule has 2 saturated heterocycles. The van der Waals surface area contributed by atoms with Gasteiger partial charge in [0, 0.05) is 25.5 Å². The first kappa shape index (κ1) is 13.9. The molecule has 0 N–H and O–H groups in total. The van der Waals surface area contributed by atoms with Crippen molar-refractivity contribution in [2.24, 2.45) is 5.41 Å². The number of amides is 1. The van der Waals surface area contributed by atoms with Gasteiger partial charge in [0.25, 0.3) is 12.3 Å². The quantitative estimate of drug-likeness (QED) is 0.833. The SMILES string of the molecule is C[C@@]1(C(F)F)CN2CC[C@@H](c3cncc(C#N)c3)N2C1=O. The van der Waals surface area contributed by atoms with Gasteiger partial charge in [0.2, 0.25) is 0 Å². The summed E-state index contributed by atoms with van der Waals surface area (Å²) in [7, 11) is 0. The van der Waals surface area contributed by atoms with Gasteiger partial charge >= 0.3 is 0 Å². The summed E-state index contributed by atoms with van der Waals surface area (Å²) in [4.78, 5) is 16.4. The van der Waals surface area contributed by atoms with Gasteiger partial charge in [0.15, 0.2) is 0 Å². The molecule has 5 nitrogen and oxygen atoms in total. The Morgan fingerprint density at radius 1 is 1.52 bits per heavy atom. The number of nitriles is 1. The predicted octanol–water partition coefficient (Wildman–Crippen LogP) is 1.73. The lowest BCUT2D eigenvalue weighted by atomic mass is 9.90. The molecule has 2 fully saturated rings. The molecular formula is C14H14F2N4O. The summed E-state index contributed by atoms with van der Waals surface area (Å²) in [5, 5.41) is 12.0. The van der Waals surface area contributed by atoms with Crippen molar-refractivity contribution >= 4 is 5.91 Å². The Morgan fingerprint density at radius 3 is 2.95 bits per heavy atom. The van der Waals surface area contributed by atoms with Crippen LogP contribution in [0.25, 0.3) is 0 Å². The zero-order valence-electron chi connectivity index (χ0n) is 11.5. The van der Waals surface area contributed by atoms with Crippen LogP contribution in [0.15, 0.2) is 18.5 Å². The zero-order chi connectivity index (χ0) is 15.2. The fourth-order valence-electron chi connectivity index (χ4n) is 3.00. The number of carbonyl (C=O) groups is 1. The molecule has 110 valence electrons. The molecule has 0 aromatic carbocycles. The van der Waals surface area contributed by atoms with Crippen LogP contribution in [0.5, 0.6) is 0 Å². The summed E-state index contributed by atoms with van der Waals surface area (Å²) >= 11 is 0. The third-order valence-corrected chi connectivity index (χ3v) is 4.22. The van der Waals surface area contributed by atoms with Crippen LogP contribution in [0.1, 0.15) is 30.5 Å². The molecular weight excluding hydrogens is 278 g/mol. The largest absolute Gasteiger partial charge is 0.272 e. The molecule has 0 bridgehead atoms. The average Bonchev–Trinajstić information content (AvgIpc) is 2.99. The Hall–Kier alpha value is -2.07. The highest BCUT2D eigenvalue weighted by atomic mass is 19.3. The lowest BCUT2D eigenvalue weighted by Gasteiger charge is -2.26. The molecule has 1 aromatic heterocycles. The Kier molecular flexibility index (Phi) is 3.14. The number of hydrogen-bond donors (Lipinski definition) is 0. The molecule has 7 heteroatoms. The number of fused-ring (bicyclic) bond motifs is 1. The maximum absolute atomic E-state index is 13.2. The van der Waals surface area contributed by atoms with Crippen molar-refractivity contribution < 1.29 is 13.6 Å². The van der Waals surface area contributed by atoms with E-state index in [1.54, 1.807) is 17.3 Å². The molecule has 2 atom stereocenters. The van der Waals surface area contributed by atoms with Crippen LogP contribution in [0.2, 0.25) is 0 Å². The normalized spacial score (nSPS) is 29.0. The van der Waals surface area contributed by atoms with Gasteiger partial charge in [-0.1, -0.05) is 0 Å². The summed E-state index contributed by atoms with van der Waals surface area (Å²) in [6, 6.07) is 3.34. The summed E-state index contributed by atoms with van der Waals surface area (Å²) in [6.07, 6.45) is 0.979. The number of carbonyl (C=O) groups excluding carboxylic acids is 1. The number of aromatic nitrogens is 1. The van der Waals surface area contributed by atoms with E-state index in [9.17, 15) is 13.6 Å². The molecule has 0 unspecified atom stereocenters. The Morgan fingerprint density at radius 2 is 2.29 bits per heavy atom. The van der Waals surface area contributed by atoms with Crippen LogP contribution in [0.4, 0.5) is 8.78 Å². The van der Waals surface area contributed by atoms with Crippen LogP contribution in [0, 0.1) is 16.7 Å². The van der Waals surface area contributed by atoms with E-state index in [4.69, 9.17) is 5.26 Å². The summed E-state index contributed by atoms with van der Waals surface area (Å²) in [5.74, 6) is -0.553. The fourth-order valence-corrected chi connectivity index (χ4v) is 3.00. The van der Waals surface area contributed by atoms with Crippen LogP contribution in [-0.2, 0) is 4.79 Å². The van der Waals surface area contributed by atoms with E-state index < -0.39 is 17.7 Å². The fraction of sp³-hybridized carbons (Fsp3) is 0.500. The zero-order valence-corrected chi connectivity index (χ0v) is 11.5. The van der Waals surface area contributed by atoms with Crippen LogP contribution in [0.3, 0.4) is 0 Å². The van der Waals surface area contributed by atoms with E-state index in [1.165, 1.54) is 18.1 Å². The highest BCUT2D eigenvalue weighted by molar-refractivity contribution is 5.85. The van der Waals surface area contributed by atoms with Gasteiger partial charge < -0.3 is 0 Å². The lowest BCUT2D eigenvalue weighted by molar-refractivity contribution is -0.147. The standard InChI is InChI=1S/C14H14F2N4O/c1-14(12(15)16)8-19-3-2-11(20(19)13(14)21)10-4-9(5-17)6-18-7-10/h4,6-7,11-12H,2-3,8H2,1H3/t11-,14-/m0/s1. The Balaban J connectivity index is 1.94. The third kappa shape index (κ3) is 1.98. The van der Waals surface area contributed by atoms with Crippen molar-refractivity contribution in [2.75, 3.05) is 13.1 Å². The Bertz CT molecular complexity index is 630. The molecule has 21 heavy (non-hydrogen) atoms. The topological polar surface area (TPSA) is 60.2 Å². The monoisotopic (exact) mass is 292 g/mol. The van der Waals surface area contributed by atoms with Crippen molar-refractivity contribution in [2.45, 2.75) is 25.8 Å². The number of nitrogens with zero attached hydrogens (tertiary/aromatic N) is 4. The van der Waals surface area contributed by atoms with Crippen LogP contribution in [-0.4, -0.2) is 40.4 Å². The molecule has 3 heterocycles. The van der Waals surface area contributed by atoms with E-state index in [2.05, 4.69) is 4.98 Å². The minimum atomic E-state index is -2.69. The van der Waals surface area contributed by atoms with E-state index in [-0.39, 0.29) is 12.6 Å². The van der Waals surface area contributed by atoms with Gasteiger partial charge in [0.05, 0.1) is 11.6 Å². The van der Waals surface area contributed by atoms with Crippen molar-refractivity contribution in [1.29, 1.82) is 5.26 Å². The van der Waals surface area contributed by atoms with E-state index in [0.717, 1.165) is 0 Å². The molecule has 3 rings (SSSR count). The highest BCUT2D eigenvalue weighted by Crippen LogP contribution is 2.44. The second-order valence-electron chi connectivity index (χ2n) is 5.68. The van der Waals surface area contributed by atoms with Gasteiger partial charge in [-0.3, -0.25) is 14.8 Å². The van der Waals surface area contributed by atoms with Gasteiger partial charge in [-0.15, -0.1) is 0 Å². The van der Waals surface area contributed by atoms with E-state index in [1.807, 2.05) is 6.07 Å². The average molecular weight is 292 g/mol. The van der Waals surface area contributed by atoms with Gasteiger partial charge in [0.1, 0.15) is 11.5 Å². The maximum atomic E-state index is 13.2. The van der Waals surface area contributed by atoms with E-state index in [0.29, 0.717) is 24.1 Å². The first-order valence-electron chi connectivity index (χ1n) is 6.69. The molecule has 2 aliphatic rings. The second kappa shape index (κ2) is 4.74. The number of halogens is 2. The minimum Gasteiger partial charge on any atom is -0.272 e. The first-order chi connectivity index (χ1) is 9.97. The smallest absolute Gasteiger partial charge is 0.254 e. The Labute approximate surface area is 120 Å². The molecule has 1 aromatic rings. The summed E-state index contributed by atoms with van der Waals surface area (Å²) in [5.41, 5.74) is -0.545. The molecule has 0 saturated carbocycles. The summed E-state index contributed by atoms with van der Waals surface area (Å²) < 4.78 is 26.4. The maximum Gasteiger partial charge on any atom is 0.254 e. The molecule has 2 aliphatic heterocycles. The van der Waals surface area contributed by atoms with Crippen LogP contribution >= 0.6 is 0 Å². The van der Waals surface area contributed by atoms with Crippen molar-refractivity contribution in [1.82, 2.24) is 15.0 Å². The van der Waals surface area contributed by atoms with Crippen molar-refractivity contribution in [3.05, 3.63) is 29.6 Å². The van der Waals surface area contributed by atoms with E-state index >= 15 is 0 Å². The van der Waals surface area contributed by atoms with Crippen LogP contribution < -0.4 is 0 Å². The first-order valence-corrected chi connectivity index (χ1v) is 6.69. The van der Waals surface area contributed by atoms with Crippen molar-refractivity contribution in [3.8, 4) is 6.07 Å². The number of alkyl halides is 2. The molecule has 0 spiro atoms. The highest BCUT2D eigenvalue weighted by Gasteiger charge is 2.57. The van der Waals surface area contributed by atoms with Gasteiger partial charge in [-0.05, 0) is 25.0 Å². The third-order valence-electron chi connectivity index (χ3n) is 4.22. The van der Waals surface area contributed by atoms with Crippen molar-refractivity contribution in [3.63, 3.8) is 0 Å². The number of hydrogen-bond acceptors (Lipinski definition) is 4. The number of rotatable bonds is 2. The molecule has 0 radical (unpaired) electrons. The minimum absolute atomic E-state index is 0.0331. The predicted molar refractivity (Wildman–Crippen MR) is 68.8 cm³/mol. The lowest BCUT2D eigenvalue weighted by Crippen LogP contribution is -2.39. The molecule has 1 amide bonds. The molecule has 0 aliphatic carbocycles. The van der Waals surface area contributed by atoms with Gasteiger partial charge in [-0.2, -0.15) is 5.26 Å². The van der Waals surface area contributed by atoms with Gasteiger partial charge in [-0.25, -0.2) is 13.8 Å². The number of pyridine rings is 1. The summed E-state index contributed by atoms with van der Waals surface area (Å²) in [6.45, 7) is 1.89. The second-order valence-corrected chi connectivity index (χ2v) is 5.68. The number of hydrazine groups is 1.